The minimum absolute atomic E-state index is 0.0891. The van der Waals surface area contributed by atoms with Crippen LogP contribution in [0, 0.1) is 18.2 Å². The number of carbonyl (C=O) groups excluding carboxylic acids is 2. The molecule has 1 aliphatic rings. The molecule has 0 saturated carbocycles. The molecule has 29 heavy (non-hydrogen) atoms. The molecule has 0 bridgehead atoms. The molecule has 9 heteroatoms. The fraction of sp³-hybridized carbons (Fsp3) is 0.600. The Morgan fingerprint density at radius 2 is 2.07 bits per heavy atom. The highest BCUT2D eigenvalue weighted by atomic mass is 31.2. The van der Waals surface area contributed by atoms with Gasteiger partial charge in [0.1, 0.15) is 11.5 Å². The van der Waals surface area contributed by atoms with Gasteiger partial charge >= 0.3 is 5.97 Å². The summed E-state index contributed by atoms with van der Waals surface area (Å²) < 4.78 is 38.3. The van der Waals surface area contributed by atoms with Crippen LogP contribution in [0.5, 0.6) is 0 Å². The van der Waals surface area contributed by atoms with E-state index in [2.05, 4.69) is 0 Å². The molecule has 1 fully saturated rings. The summed E-state index contributed by atoms with van der Waals surface area (Å²) in [6.45, 7) is 6.36. The van der Waals surface area contributed by atoms with Crippen molar-refractivity contribution in [3.05, 3.63) is 35.1 Å². The van der Waals surface area contributed by atoms with Crippen LogP contribution < -0.4 is 0 Å². The van der Waals surface area contributed by atoms with Gasteiger partial charge in [-0.1, -0.05) is 12.1 Å². The van der Waals surface area contributed by atoms with Gasteiger partial charge in [-0.3, -0.25) is 23.9 Å². The standard InChI is InChI=1S/C20H29FNO6P/c1-14-7-8-15(16(21)12-14)9-11-29(26,17-6-5-10-22(25)18(17)23)28-13-27-19(24)20(2,3)4/h7-8,12,17,25H,5-6,9-11,13H2,1-4H3. The van der Waals surface area contributed by atoms with Crippen molar-refractivity contribution >= 4 is 19.2 Å². The van der Waals surface area contributed by atoms with Crippen molar-refractivity contribution in [1.82, 2.24) is 5.06 Å². The second-order valence-corrected chi connectivity index (χ2v) is 11.1. The lowest BCUT2D eigenvalue weighted by atomic mass is 9.98. The fourth-order valence-electron chi connectivity index (χ4n) is 3.03. The first kappa shape index (κ1) is 23.5. The number of hydrogen-bond acceptors (Lipinski definition) is 6. The average molecular weight is 429 g/mol. The van der Waals surface area contributed by atoms with Crippen LogP contribution in [0.25, 0.3) is 0 Å². The number of ether oxygens (including phenoxy) is 1. The molecule has 2 rings (SSSR count). The molecule has 0 spiro atoms. The van der Waals surface area contributed by atoms with E-state index in [4.69, 9.17) is 9.26 Å². The molecule has 7 nitrogen and oxygen atoms in total. The van der Waals surface area contributed by atoms with Gasteiger partial charge < -0.3 is 4.74 Å². The fourth-order valence-corrected chi connectivity index (χ4v) is 5.48. The zero-order valence-electron chi connectivity index (χ0n) is 17.3. The lowest BCUT2D eigenvalue weighted by Gasteiger charge is -2.32. The van der Waals surface area contributed by atoms with Crippen LogP contribution in [-0.4, -0.2) is 47.3 Å². The Kier molecular flexibility index (Phi) is 7.60. The van der Waals surface area contributed by atoms with Crippen molar-refractivity contribution in [2.24, 2.45) is 5.41 Å². The maximum Gasteiger partial charge on any atom is 0.313 e. The SMILES string of the molecule is Cc1ccc(CCP(=O)(OCOC(=O)C(C)(C)C)C2CCCN(O)C2=O)c(F)c1. The number of hydroxylamine groups is 2. The summed E-state index contributed by atoms with van der Waals surface area (Å²) in [5.41, 5.74) is -0.697. The monoisotopic (exact) mass is 429 g/mol. The van der Waals surface area contributed by atoms with E-state index in [-0.39, 0.29) is 25.5 Å². The molecular formula is C20H29FNO6P. The molecule has 1 saturated heterocycles. The minimum Gasteiger partial charge on any atom is -0.438 e. The number of esters is 1. The third-order valence-corrected chi connectivity index (χ3v) is 7.66. The first-order valence-corrected chi connectivity index (χ1v) is 11.5. The molecule has 162 valence electrons. The van der Waals surface area contributed by atoms with Crippen LogP contribution in [0.3, 0.4) is 0 Å². The highest BCUT2D eigenvalue weighted by Crippen LogP contribution is 2.55. The molecule has 2 atom stereocenters. The first-order valence-electron chi connectivity index (χ1n) is 9.60. The van der Waals surface area contributed by atoms with E-state index >= 15 is 0 Å². The number of halogens is 1. The average Bonchev–Trinajstić information content (AvgIpc) is 2.62. The van der Waals surface area contributed by atoms with Gasteiger partial charge in [0.05, 0.1) is 5.41 Å². The van der Waals surface area contributed by atoms with Gasteiger partial charge in [-0.2, -0.15) is 0 Å². The van der Waals surface area contributed by atoms with Gasteiger partial charge in [-0.15, -0.1) is 0 Å². The van der Waals surface area contributed by atoms with E-state index in [0.717, 1.165) is 5.56 Å². The Labute approximate surface area is 170 Å². The van der Waals surface area contributed by atoms with Gasteiger partial charge in [-0.05, 0) is 64.2 Å². The van der Waals surface area contributed by atoms with Crippen molar-refractivity contribution in [3.8, 4) is 0 Å². The Morgan fingerprint density at radius 1 is 1.38 bits per heavy atom. The Hall–Kier alpha value is -1.76. The van der Waals surface area contributed by atoms with Crippen molar-refractivity contribution in [2.75, 3.05) is 19.5 Å². The summed E-state index contributed by atoms with van der Waals surface area (Å²) in [5, 5.41) is 10.3. The maximum atomic E-state index is 14.2. The van der Waals surface area contributed by atoms with Crippen LogP contribution in [-0.2, 0) is 29.8 Å². The highest BCUT2D eigenvalue weighted by Gasteiger charge is 2.43. The number of carbonyl (C=O) groups is 2. The third-order valence-electron chi connectivity index (χ3n) is 4.84. The number of benzene rings is 1. The van der Waals surface area contributed by atoms with Gasteiger partial charge in [0.2, 0.25) is 7.37 Å². The van der Waals surface area contributed by atoms with Crippen LogP contribution in [0.2, 0.25) is 0 Å². The van der Waals surface area contributed by atoms with Gasteiger partial charge in [-0.25, -0.2) is 9.45 Å². The van der Waals surface area contributed by atoms with Crippen LogP contribution in [0.1, 0.15) is 44.7 Å². The molecule has 1 aromatic rings. The number of hydrogen-bond donors (Lipinski definition) is 1. The zero-order chi connectivity index (χ0) is 21.8. The molecule has 1 N–H and O–H groups in total. The molecule has 0 aromatic heterocycles. The molecule has 0 radical (unpaired) electrons. The van der Waals surface area contributed by atoms with E-state index in [1.807, 2.05) is 0 Å². The Bertz CT molecular complexity index is 807. The van der Waals surface area contributed by atoms with Crippen LogP contribution in [0.4, 0.5) is 4.39 Å². The van der Waals surface area contributed by atoms with Gasteiger partial charge in [0.15, 0.2) is 6.79 Å². The summed E-state index contributed by atoms with van der Waals surface area (Å²) in [6.07, 6.45) is 0.716. The predicted molar refractivity (Wildman–Crippen MR) is 105 cm³/mol. The van der Waals surface area contributed by atoms with E-state index < -0.39 is 42.9 Å². The van der Waals surface area contributed by atoms with Crippen LogP contribution in [0.15, 0.2) is 18.2 Å². The maximum absolute atomic E-state index is 14.2. The summed E-state index contributed by atoms with van der Waals surface area (Å²) in [4.78, 5) is 24.3. The highest BCUT2D eigenvalue weighted by molar-refractivity contribution is 7.60. The van der Waals surface area contributed by atoms with E-state index in [1.54, 1.807) is 39.8 Å². The molecular weight excluding hydrogens is 400 g/mol. The molecule has 0 aliphatic carbocycles. The first-order chi connectivity index (χ1) is 13.4. The second kappa shape index (κ2) is 9.37. The number of rotatable bonds is 7. The topological polar surface area (TPSA) is 93.1 Å². The lowest BCUT2D eigenvalue weighted by Crippen LogP contribution is -2.42. The smallest absolute Gasteiger partial charge is 0.313 e. The number of aryl methyl sites for hydroxylation is 2. The summed E-state index contributed by atoms with van der Waals surface area (Å²) >= 11 is 0. The van der Waals surface area contributed by atoms with Crippen LogP contribution >= 0.6 is 7.37 Å². The molecule has 1 amide bonds. The minimum atomic E-state index is -3.69. The van der Waals surface area contributed by atoms with E-state index in [1.165, 1.54) is 6.07 Å². The second-order valence-electron chi connectivity index (χ2n) is 8.34. The summed E-state index contributed by atoms with van der Waals surface area (Å²) in [7, 11) is -3.69. The third kappa shape index (κ3) is 6.11. The predicted octanol–water partition coefficient (Wildman–Crippen LogP) is 3.90. The molecule has 1 aliphatic heterocycles. The number of piperidine rings is 1. The van der Waals surface area contributed by atoms with E-state index in [0.29, 0.717) is 17.0 Å². The van der Waals surface area contributed by atoms with Crippen molar-refractivity contribution in [3.63, 3.8) is 0 Å². The summed E-state index contributed by atoms with van der Waals surface area (Å²) in [6, 6.07) is 4.74. The Morgan fingerprint density at radius 3 is 2.69 bits per heavy atom. The van der Waals surface area contributed by atoms with Crippen molar-refractivity contribution in [1.29, 1.82) is 0 Å². The summed E-state index contributed by atoms with van der Waals surface area (Å²) in [5.74, 6) is -1.65. The quantitative estimate of drug-likeness (QED) is 0.306. The molecule has 1 aromatic carbocycles. The number of amides is 1. The van der Waals surface area contributed by atoms with Crippen molar-refractivity contribution < 1.29 is 33.0 Å². The van der Waals surface area contributed by atoms with Gasteiger partial charge in [0.25, 0.3) is 5.91 Å². The molecule has 2 unspecified atom stereocenters. The number of nitrogens with zero attached hydrogens (tertiary/aromatic N) is 1. The van der Waals surface area contributed by atoms with E-state index in [9.17, 15) is 23.8 Å². The normalized spacial score (nSPS) is 19.7. The van der Waals surface area contributed by atoms with Crippen molar-refractivity contribution in [2.45, 2.75) is 52.6 Å². The Balaban J connectivity index is 2.16. The molecule has 1 heterocycles. The lowest BCUT2D eigenvalue weighted by molar-refractivity contribution is -0.169. The largest absolute Gasteiger partial charge is 0.438 e. The zero-order valence-corrected chi connectivity index (χ0v) is 18.2. The van der Waals surface area contributed by atoms with Gasteiger partial charge in [0, 0.05) is 12.7 Å².